The van der Waals surface area contributed by atoms with Crippen molar-refractivity contribution in [2.24, 2.45) is 7.05 Å². The summed E-state index contributed by atoms with van der Waals surface area (Å²) in [4.78, 5) is 24.2. The van der Waals surface area contributed by atoms with E-state index in [1.165, 1.54) is 17.9 Å². The van der Waals surface area contributed by atoms with Crippen LogP contribution in [0.1, 0.15) is 33.6 Å². The molecule has 25 heavy (non-hydrogen) atoms. The number of hydrogen-bond acceptors (Lipinski definition) is 4. The van der Waals surface area contributed by atoms with Gasteiger partial charge < -0.3 is 10.6 Å². The van der Waals surface area contributed by atoms with Gasteiger partial charge in [-0.3, -0.25) is 19.0 Å². The van der Waals surface area contributed by atoms with Crippen molar-refractivity contribution >= 4 is 33.4 Å². The van der Waals surface area contributed by atoms with Crippen LogP contribution in [0, 0.1) is 0 Å². The van der Waals surface area contributed by atoms with Crippen molar-refractivity contribution in [1.29, 1.82) is 0 Å². The Labute approximate surface area is 148 Å². The zero-order valence-electron chi connectivity index (χ0n) is 13.4. The molecule has 0 bridgehead atoms. The van der Waals surface area contributed by atoms with Gasteiger partial charge in [0.1, 0.15) is 0 Å². The molecule has 12 heteroatoms. The Morgan fingerprint density at radius 2 is 1.88 bits per heavy atom. The number of carbonyl (C=O) groups is 2. The number of halogens is 4. The van der Waals surface area contributed by atoms with Gasteiger partial charge in [-0.2, -0.15) is 23.4 Å². The lowest BCUT2D eigenvalue weighted by atomic mass is 10.3. The number of nitrogens with zero attached hydrogens (tertiary/aromatic N) is 4. The van der Waals surface area contributed by atoms with Gasteiger partial charge in [0, 0.05) is 26.8 Å². The fourth-order valence-corrected chi connectivity index (χ4v) is 2.83. The highest BCUT2D eigenvalue weighted by atomic mass is 79.9. The van der Waals surface area contributed by atoms with Crippen LogP contribution >= 0.6 is 15.9 Å². The van der Waals surface area contributed by atoms with Crippen LogP contribution in [-0.2, 0) is 19.8 Å². The minimum Gasteiger partial charge on any atom is -0.354 e. The lowest BCUT2D eigenvalue weighted by Crippen LogP contribution is -2.22. The molecule has 0 atom stereocenters. The molecule has 136 valence electrons. The lowest BCUT2D eigenvalue weighted by molar-refractivity contribution is -0.144. The zero-order chi connectivity index (χ0) is 18.9. The molecule has 2 heterocycles. The Bertz CT molecular complexity index is 827. The lowest BCUT2D eigenvalue weighted by Gasteiger charge is -2.06. The average Bonchev–Trinajstić information content (AvgIpc) is 3.06. The first-order valence-electron chi connectivity index (χ1n) is 7.00. The van der Waals surface area contributed by atoms with Crippen molar-refractivity contribution in [1.82, 2.24) is 24.9 Å². The van der Waals surface area contributed by atoms with E-state index in [2.05, 4.69) is 36.8 Å². The van der Waals surface area contributed by atoms with E-state index in [1.807, 2.05) is 0 Å². The molecule has 8 nitrogen and oxygen atoms in total. The van der Waals surface area contributed by atoms with Crippen LogP contribution in [0.3, 0.4) is 0 Å². The number of aromatic nitrogens is 4. The normalized spacial score (nSPS) is 11.5. The maximum Gasteiger partial charge on any atom is 0.434 e. The number of anilines is 1. The van der Waals surface area contributed by atoms with Gasteiger partial charge >= 0.3 is 6.18 Å². The van der Waals surface area contributed by atoms with E-state index in [-0.39, 0.29) is 11.4 Å². The van der Waals surface area contributed by atoms with Gasteiger partial charge in [-0.15, -0.1) is 0 Å². The molecule has 2 aromatic rings. The Balaban J connectivity index is 2.39. The van der Waals surface area contributed by atoms with E-state index in [9.17, 15) is 22.8 Å². The SMILES string of the molecule is CCn1cc(NC(=O)c2nn(C)c(C(F)(F)F)c2Br)c(C(=O)NC)n1. The number of rotatable bonds is 4. The average molecular weight is 423 g/mol. The second-order valence-electron chi connectivity index (χ2n) is 4.91. The summed E-state index contributed by atoms with van der Waals surface area (Å²) in [7, 11) is 2.47. The highest BCUT2D eigenvalue weighted by Gasteiger charge is 2.39. The fraction of sp³-hybridized carbons (Fsp3) is 0.385. The van der Waals surface area contributed by atoms with E-state index >= 15 is 0 Å². The molecule has 2 aromatic heterocycles. The molecule has 0 saturated carbocycles. The number of nitrogens with one attached hydrogen (secondary N) is 2. The largest absolute Gasteiger partial charge is 0.434 e. The van der Waals surface area contributed by atoms with Crippen molar-refractivity contribution in [2.45, 2.75) is 19.6 Å². The van der Waals surface area contributed by atoms with Gasteiger partial charge in [0.2, 0.25) is 0 Å². The molecule has 2 N–H and O–H groups in total. The van der Waals surface area contributed by atoms with Crippen LogP contribution in [0.5, 0.6) is 0 Å². The molecule has 0 unspecified atom stereocenters. The molecular formula is C13H14BrF3N6O2. The molecule has 2 rings (SSSR count). The van der Waals surface area contributed by atoms with Gasteiger partial charge in [0.15, 0.2) is 17.1 Å². The fourth-order valence-electron chi connectivity index (χ4n) is 2.09. The van der Waals surface area contributed by atoms with Gasteiger partial charge in [-0.25, -0.2) is 0 Å². The Morgan fingerprint density at radius 3 is 2.36 bits per heavy atom. The number of aryl methyl sites for hydroxylation is 2. The first kappa shape index (κ1) is 19.0. The number of carbonyl (C=O) groups excluding carboxylic acids is 2. The third kappa shape index (κ3) is 3.67. The predicted molar refractivity (Wildman–Crippen MR) is 85.2 cm³/mol. The summed E-state index contributed by atoms with van der Waals surface area (Å²) >= 11 is 2.77. The van der Waals surface area contributed by atoms with Crippen molar-refractivity contribution < 1.29 is 22.8 Å². The molecular weight excluding hydrogens is 409 g/mol. The van der Waals surface area contributed by atoms with Crippen LogP contribution in [0.2, 0.25) is 0 Å². The monoisotopic (exact) mass is 422 g/mol. The van der Waals surface area contributed by atoms with E-state index in [0.717, 1.165) is 7.05 Å². The van der Waals surface area contributed by atoms with Crippen LogP contribution in [0.15, 0.2) is 10.7 Å². The summed E-state index contributed by atoms with van der Waals surface area (Å²) < 4.78 is 40.5. The van der Waals surface area contributed by atoms with Gasteiger partial charge in [0.05, 0.1) is 10.2 Å². The Hall–Kier alpha value is -2.37. The van der Waals surface area contributed by atoms with Gasteiger partial charge in [-0.05, 0) is 22.9 Å². The van der Waals surface area contributed by atoms with Crippen molar-refractivity contribution in [2.75, 3.05) is 12.4 Å². The van der Waals surface area contributed by atoms with E-state index in [4.69, 9.17) is 0 Å². The van der Waals surface area contributed by atoms with Crippen molar-refractivity contribution in [3.63, 3.8) is 0 Å². The maximum absolute atomic E-state index is 13.0. The second kappa shape index (κ2) is 6.86. The highest BCUT2D eigenvalue weighted by molar-refractivity contribution is 9.10. The quantitative estimate of drug-likeness (QED) is 0.787. The number of amides is 2. The number of alkyl halides is 3. The number of hydrogen-bond donors (Lipinski definition) is 2. The maximum atomic E-state index is 13.0. The summed E-state index contributed by atoms with van der Waals surface area (Å²) in [5.41, 5.74) is -1.53. The first-order valence-corrected chi connectivity index (χ1v) is 7.80. The molecule has 2 amide bonds. The molecule has 0 aliphatic heterocycles. The molecule has 0 fully saturated rings. The van der Waals surface area contributed by atoms with Crippen molar-refractivity contribution in [3.8, 4) is 0 Å². The molecule has 0 spiro atoms. The second-order valence-corrected chi connectivity index (χ2v) is 5.71. The van der Waals surface area contributed by atoms with E-state index in [1.54, 1.807) is 6.92 Å². The van der Waals surface area contributed by atoms with Crippen LogP contribution in [-0.4, -0.2) is 38.4 Å². The van der Waals surface area contributed by atoms with Gasteiger partial charge in [-0.1, -0.05) is 0 Å². The first-order chi connectivity index (χ1) is 11.6. The smallest absolute Gasteiger partial charge is 0.354 e. The van der Waals surface area contributed by atoms with Crippen LogP contribution in [0.4, 0.5) is 18.9 Å². The zero-order valence-corrected chi connectivity index (χ0v) is 15.0. The van der Waals surface area contributed by atoms with Crippen LogP contribution in [0.25, 0.3) is 0 Å². The standard InChI is InChI=1S/C13H14BrF3N6O2/c1-4-23-5-6(8(21-23)11(24)18-2)19-12(25)9-7(14)10(13(15,16)17)22(3)20-9/h5H,4H2,1-3H3,(H,18,24)(H,19,25). The Kier molecular flexibility index (Phi) is 5.20. The highest BCUT2D eigenvalue weighted by Crippen LogP contribution is 2.36. The minimum absolute atomic E-state index is 0.0548. The van der Waals surface area contributed by atoms with Gasteiger partial charge in [0.25, 0.3) is 11.8 Å². The Morgan fingerprint density at radius 1 is 1.24 bits per heavy atom. The molecule has 0 saturated heterocycles. The summed E-state index contributed by atoms with van der Waals surface area (Å²) in [5, 5.41) is 12.4. The van der Waals surface area contributed by atoms with Crippen LogP contribution < -0.4 is 10.6 Å². The molecule has 0 aromatic carbocycles. The molecule has 0 aliphatic carbocycles. The van der Waals surface area contributed by atoms with Crippen molar-refractivity contribution in [3.05, 3.63) is 27.8 Å². The van der Waals surface area contributed by atoms with E-state index < -0.39 is 33.9 Å². The molecule has 0 aliphatic rings. The topological polar surface area (TPSA) is 93.8 Å². The predicted octanol–water partition coefficient (Wildman–Crippen LogP) is 2.03. The third-order valence-corrected chi connectivity index (χ3v) is 4.00. The summed E-state index contributed by atoms with van der Waals surface area (Å²) in [6, 6.07) is 0. The summed E-state index contributed by atoms with van der Waals surface area (Å²) in [6.45, 7) is 2.21. The van der Waals surface area contributed by atoms with E-state index in [0.29, 0.717) is 11.2 Å². The summed E-state index contributed by atoms with van der Waals surface area (Å²) in [6.07, 6.45) is -3.27. The summed E-state index contributed by atoms with van der Waals surface area (Å²) in [5.74, 6) is -1.45. The minimum atomic E-state index is -4.68. The third-order valence-electron chi connectivity index (χ3n) is 3.25. The molecule has 0 radical (unpaired) electrons.